The molecule has 0 saturated carbocycles. The topological polar surface area (TPSA) is 31.2 Å². The van der Waals surface area contributed by atoms with E-state index in [2.05, 4.69) is 16.0 Å². The van der Waals surface area contributed by atoms with Crippen molar-refractivity contribution in [2.45, 2.75) is 20.4 Å². The normalized spacial score (nSPS) is 11.1. The second kappa shape index (κ2) is 7.82. The Labute approximate surface area is 173 Å². The minimum absolute atomic E-state index is 0.00504. The van der Waals surface area contributed by atoms with E-state index in [1.165, 1.54) is 4.88 Å². The highest BCUT2D eigenvalue weighted by atomic mass is 35.5. The molecule has 28 heavy (non-hydrogen) atoms. The number of benzene rings is 2. The molecule has 2 aromatic heterocycles. The summed E-state index contributed by atoms with van der Waals surface area (Å²) in [6, 6.07) is 17.5. The largest absolute Gasteiger partial charge is 0.485 e. The van der Waals surface area contributed by atoms with E-state index in [-0.39, 0.29) is 12.4 Å². The van der Waals surface area contributed by atoms with Crippen LogP contribution in [-0.4, -0.2) is 17.0 Å². The van der Waals surface area contributed by atoms with Crippen LogP contribution in [0.1, 0.15) is 26.6 Å². The van der Waals surface area contributed by atoms with Crippen molar-refractivity contribution in [1.29, 1.82) is 0 Å². The van der Waals surface area contributed by atoms with E-state index >= 15 is 0 Å². The number of aryl methyl sites for hydroxylation is 1. The van der Waals surface area contributed by atoms with E-state index < -0.39 is 0 Å². The predicted molar refractivity (Wildman–Crippen MR) is 116 cm³/mol. The lowest BCUT2D eigenvalue weighted by atomic mass is 10.1. The van der Waals surface area contributed by atoms with Crippen molar-refractivity contribution in [3.05, 3.63) is 86.8 Å². The minimum atomic E-state index is -0.0236. The third kappa shape index (κ3) is 3.58. The summed E-state index contributed by atoms with van der Waals surface area (Å²) >= 11 is 7.98. The molecule has 4 rings (SSSR count). The van der Waals surface area contributed by atoms with Gasteiger partial charge in [0.25, 0.3) is 0 Å². The lowest BCUT2D eigenvalue weighted by molar-refractivity contribution is 0.0922. The van der Waals surface area contributed by atoms with Gasteiger partial charge < -0.3 is 9.30 Å². The van der Waals surface area contributed by atoms with Crippen LogP contribution in [0.15, 0.2) is 60.0 Å². The molecular formula is C23H20ClNO2S. The summed E-state index contributed by atoms with van der Waals surface area (Å²) in [6.45, 7) is 4.80. The molecule has 0 aliphatic carbocycles. The number of Topliss-reactive ketones (excluding diaryl/α,β-unsaturated/α-hetero) is 1. The second-order valence-electron chi connectivity index (χ2n) is 6.75. The average Bonchev–Trinajstić information content (AvgIpc) is 3.31. The Bertz CT molecular complexity index is 1150. The van der Waals surface area contributed by atoms with Crippen LogP contribution < -0.4 is 4.74 Å². The summed E-state index contributed by atoms with van der Waals surface area (Å²) in [4.78, 5) is 14.1. The van der Waals surface area contributed by atoms with E-state index in [1.807, 2.05) is 56.3 Å². The maximum absolute atomic E-state index is 12.8. The first kappa shape index (κ1) is 18.8. The fourth-order valence-corrected chi connectivity index (χ4v) is 4.39. The molecule has 142 valence electrons. The molecule has 0 N–H and O–H groups in total. The number of thiophene rings is 1. The number of halogens is 1. The van der Waals surface area contributed by atoms with Gasteiger partial charge in [0.1, 0.15) is 5.75 Å². The monoisotopic (exact) mass is 409 g/mol. The van der Waals surface area contributed by atoms with Crippen molar-refractivity contribution in [3.63, 3.8) is 0 Å². The molecule has 0 unspecified atom stereocenters. The van der Waals surface area contributed by atoms with Crippen molar-refractivity contribution in [3.8, 4) is 5.75 Å². The number of aromatic nitrogens is 1. The van der Waals surface area contributed by atoms with Gasteiger partial charge in [-0.1, -0.05) is 41.9 Å². The second-order valence-corrected chi connectivity index (χ2v) is 8.19. The molecule has 4 aromatic rings. The first-order valence-electron chi connectivity index (χ1n) is 9.07. The van der Waals surface area contributed by atoms with E-state index in [0.717, 1.165) is 28.7 Å². The van der Waals surface area contributed by atoms with Crippen LogP contribution in [0.4, 0.5) is 0 Å². The van der Waals surface area contributed by atoms with Gasteiger partial charge in [0, 0.05) is 37.6 Å². The Balaban J connectivity index is 1.54. The highest BCUT2D eigenvalue weighted by Gasteiger charge is 2.17. The highest BCUT2D eigenvalue weighted by Crippen LogP contribution is 2.31. The molecule has 0 amide bonds. The van der Waals surface area contributed by atoms with Crippen LogP contribution >= 0.6 is 22.9 Å². The van der Waals surface area contributed by atoms with Crippen molar-refractivity contribution < 1.29 is 9.53 Å². The number of hydrogen-bond acceptors (Lipinski definition) is 3. The van der Waals surface area contributed by atoms with Gasteiger partial charge in [0.15, 0.2) is 6.61 Å². The Morgan fingerprint density at radius 3 is 2.61 bits per heavy atom. The summed E-state index contributed by atoms with van der Waals surface area (Å²) in [7, 11) is 0. The number of hydrogen-bond donors (Lipinski definition) is 0. The maximum atomic E-state index is 12.8. The summed E-state index contributed by atoms with van der Waals surface area (Å²) in [6.07, 6.45) is 0. The Kier molecular flexibility index (Phi) is 5.25. The van der Waals surface area contributed by atoms with E-state index in [4.69, 9.17) is 16.3 Å². The van der Waals surface area contributed by atoms with Crippen LogP contribution in [0, 0.1) is 13.8 Å². The van der Waals surface area contributed by atoms with Crippen LogP contribution in [0.3, 0.4) is 0 Å². The number of ketones is 1. The summed E-state index contributed by atoms with van der Waals surface area (Å²) in [5, 5.41) is 4.57. The number of ether oxygens (including phenoxy) is 1. The Hall–Kier alpha value is -2.56. The van der Waals surface area contributed by atoms with Gasteiger partial charge in [-0.25, -0.2) is 0 Å². The lowest BCUT2D eigenvalue weighted by Gasteiger charge is -2.11. The third-order valence-corrected chi connectivity index (χ3v) is 6.15. The molecule has 0 atom stereocenters. The molecule has 2 heterocycles. The molecule has 0 spiro atoms. The van der Waals surface area contributed by atoms with Gasteiger partial charge in [-0.2, -0.15) is 0 Å². The van der Waals surface area contributed by atoms with Crippen molar-refractivity contribution in [2.75, 3.05) is 6.61 Å². The molecule has 0 aliphatic heterocycles. The summed E-state index contributed by atoms with van der Waals surface area (Å²) in [5.41, 5.74) is 2.76. The Morgan fingerprint density at radius 1 is 1.07 bits per heavy atom. The smallest absolute Gasteiger partial charge is 0.202 e. The molecule has 0 bridgehead atoms. The number of nitrogens with zero attached hydrogens (tertiary/aromatic N) is 1. The SMILES string of the molecule is Cc1cc(C(=O)COc2ccc(Cl)c3ccccc23)c(C)n1Cc1cccs1. The summed E-state index contributed by atoms with van der Waals surface area (Å²) in [5.74, 6) is 0.644. The van der Waals surface area contributed by atoms with Crippen molar-refractivity contribution >= 4 is 39.5 Å². The van der Waals surface area contributed by atoms with Gasteiger partial charge in [-0.05, 0) is 43.5 Å². The van der Waals surface area contributed by atoms with Crippen LogP contribution in [0.5, 0.6) is 5.75 Å². The minimum Gasteiger partial charge on any atom is -0.485 e. The van der Waals surface area contributed by atoms with Gasteiger partial charge >= 0.3 is 0 Å². The zero-order valence-electron chi connectivity index (χ0n) is 15.7. The molecule has 0 fully saturated rings. The van der Waals surface area contributed by atoms with Crippen LogP contribution in [0.2, 0.25) is 5.02 Å². The van der Waals surface area contributed by atoms with E-state index in [9.17, 15) is 4.79 Å². The zero-order valence-corrected chi connectivity index (χ0v) is 17.3. The molecule has 0 aliphatic rings. The third-order valence-electron chi connectivity index (χ3n) is 4.96. The van der Waals surface area contributed by atoms with Crippen molar-refractivity contribution in [1.82, 2.24) is 4.57 Å². The number of carbonyl (C=O) groups excluding carboxylic acids is 1. The fraction of sp³-hybridized carbons (Fsp3) is 0.174. The maximum Gasteiger partial charge on any atom is 0.202 e. The molecule has 2 aromatic carbocycles. The Morgan fingerprint density at radius 2 is 1.86 bits per heavy atom. The fourth-order valence-electron chi connectivity index (χ4n) is 3.47. The van der Waals surface area contributed by atoms with E-state index in [1.54, 1.807) is 17.4 Å². The predicted octanol–water partition coefficient (Wildman–Crippen LogP) is 6.28. The lowest BCUT2D eigenvalue weighted by Crippen LogP contribution is -2.13. The number of fused-ring (bicyclic) bond motifs is 1. The molecule has 3 nitrogen and oxygen atoms in total. The molecular weight excluding hydrogens is 390 g/mol. The van der Waals surface area contributed by atoms with Gasteiger partial charge in [0.2, 0.25) is 5.78 Å². The van der Waals surface area contributed by atoms with Crippen LogP contribution in [0.25, 0.3) is 10.8 Å². The van der Waals surface area contributed by atoms with Gasteiger partial charge in [-0.3, -0.25) is 4.79 Å². The van der Waals surface area contributed by atoms with Gasteiger partial charge in [-0.15, -0.1) is 11.3 Å². The molecule has 0 saturated heterocycles. The molecule has 0 radical (unpaired) electrons. The van der Waals surface area contributed by atoms with Crippen LogP contribution in [-0.2, 0) is 6.54 Å². The quantitative estimate of drug-likeness (QED) is 0.351. The zero-order chi connectivity index (χ0) is 19.7. The van der Waals surface area contributed by atoms with Gasteiger partial charge in [0.05, 0.1) is 6.54 Å². The highest BCUT2D eigenvalue weighted by molar-refractivity contribution is 7.09. The molecule has 5 heteroatoms. The number of carbonyl (C=O) groups is 1. The standard InChI is InChI=1S/C23H20ClNO2S/c1-15-12-20(16(2)25(15)13-17-6-5-11-28-17)22(26)14-27-23-10-9-21(24)18-7-3-4-8-19(18)23/h3-12H,13-14H2,1-2H3. The first-order valence-corrected chi connectivity index (χ1v) is 10.3. The van der Waals surface area contributed by atoms with Crippen molar-refractivity contribution in [2.24, 2.45) is 0 Å². The summed E-state index contributed by atoms with van der Waals surface area (Å²) < 4.78 is 8.06. The average molecular weight is 410 g/mol. The number of rotatable bonds is 6. The first-order chi connectivity index (χ1) is 13.5. The van der Waals surface area contributed by atoms with E-state index in [0.29, 0.717) is 16.3 Å².